The van der Waals surface area contributed by atoms with Gasteiger partial charge >= 0.3 is 0 Å². The van der Waals surface area contributed by atoms with Gasteiger partial charge in [-0.15, -0.1) is 23.7 Å². The van der Waals surface area contributed by atoms with E-state index in [1.165, 1.54) is 10.4 Å². The number of carbonyl (C=O) groups is 2. The lowest BCUT2D eigenvalue weighted by molar-refractivity contribution is -0.138. The second-order valence-electron chi connectivity index (χ2n) is 6.40. The van der Waals surface area contributed by atoms with Crippen LogP contribution in [0.15, 0.2) is 11.4 Å². The summed E-state index contributed by atoms with van der Waals surface area (Å²) in [5.74, 6) is 0.226. The Kier molecular flexibility index (Phi) is 7.07. The Labute approximate surface area is 153 Å². The molecule has 3 heterocycles. The Morgan fingerprint density at radius 3 is 2.75 bits per heavy atom. The fourth-order valence-corrected chi connectivity index (χ4v) is 4.32. The van der Waals surface area contributed by atoms with Gasteiger partial charge in [0, 0.05) is 49.9 Å². The number of amides is 2. The highest BCUT2D eigenvalue weighted by atomic mass is 35.5. The first-order valence-corrected chi connectivity index (χ1v) is 9.33. The molecule has 0 spiro atoms. The smallest absolute Gasteiger partial charge is 0.223 e. The summed E-state index contributed by atoms with van der Waals surface area (Å²) in [6, 6.07) is 2.50. The van der Waals surface area contributed by atoms with Crippen LogP contribution in [0.2, 0.25) is 0 Å². The third-order valence-corrected chi connectivity index (χ3v) is 5.92. The average molecular weight is 372 g/mol. The van der Waals surface area contributed by atoms with Gasteiger partial charge in [0.25, 0.3) is 0 Å². The monoisotopic (exact) mass is 371 g/mol. The lowest BCUT2D eigenvalue weighted by Crippen LogP contribution is -2.47. The molecule has 0 saturated carbocycles. The zero-order chi connectivity index (χ0) is 16.2. The molecule has 2 amide bonds. The SMILES string of the molecule is CNC1CCCN(C(=O)CCC(=O)N2CCc3sccc3C2)C1.Cl. The molecule has 1 fully saturated rings. The van der Waals surface area contributed by atoms with E-state index in [0.29, 0.717) is 25.4 Å². The molecule has 0 aromatic carbocycles. The van der Waals surface area contributed by atoms with Crippen molar-refractivity contribution in [3.63, 3.8) is 0 Å². The van der Waals surface area contributed by atoms with E-state index in [2.05, 4.69) is 16.8 Å². The number of piperidine rings is 1. The van der Waals surface area contributed by atoms with E-state index in [0.717, 1.165) is 38.9 Å². The average Bonchev–Trinajstić information content (AvgIpc) is 3.07. The summed E-state index contributed by atoms with van der Waals surface area (Å²) in [6.45, 7) is 3.09. The zero-order valence-electron chi connectivity index (χ0n) is 14.1. The lowest BCUT2D eigenvalue weighted by Gasteiger charge is -2.33. The van der Waals surface area contributed by atoms with Gasteiger partial charge in [-0.1, -0.05) is 0 Å². The molecule has 0 aliphatic carbocycles. The maximum absolute atomic E-state index is 12.4. The molecule has 1 N–H and O–H groups in total. The van der Waals surface area contributed by atoms with Crippen LogP contribution >= 0.6 is 23.7 Å². The van der Waals surface area contributed by atoms with Crippen molar-refractivity contribution in [2.45, 2.75) is 44.7 Å². The van der Waals surface area contributed by atoms with Gasteiger partial charge in [0.15, 0.2) is 0 Å². The van der Waals surface area contributed by atoms with Crippen molar-refractivity contribution in [3.05, 3.63) is 21.9 Å². The van der Waals surface area contributed by atoms with Crippen LogP contribution in [-0.4, -0.2) is 54.3 Å². The van der Waals surface area contributed by atoms with Gasteiger partial charge in [0.2, 0.25) is 11.8 Å². The van der Waals surface area contributed by atoms with E-state index < -0.39 is 0 Å². The Morgan fingerprint density at radius 1 is 1.25 bits per heavy atom. The number of fused-ring (bicyclic) bond motifs is 1. The van der Waals surface area contributed by atoms with Crippen LogP contribution in [0, 0.1) is 0 Å². The van der Waals surface area contributed by atoms with E-state index >= 15 is 0 Å². The zero-order valence-corrected chi connectivity index (χ0v) is 15.8. The third-order valence-electron chi connectivity index (χ3n) is 4.90. The first kappa shape index (κ1) is 19.2. The summed E-state index contributed by atoms with van der Waals surface area (Å²) in [6.07, 6.45) is 3.78. The van der Waals surface area contributed by atoms with Crippen molar-refractivity contribution in [2.24, 2.45) is 0 Å². The Morgan fingerprint density at radius 2 is 2.00 bits per heavy atom. The molecular weight excluding hydrogens is 346 g/mol. The normalized spacial score (nSPS) is 20.3. The molecule has 1 atom stereocenters. The molecule has 1 saturated heterocycles. The number of nitrogens with zero attached hydrogens (tertiary/aromatic N) is 2. The van der Waals surface area contributed by atoms with Gasteiger partial charge in [-0.3, -0.25) is 9.59 Å². The summed E-state index contributed by atoms with van der Waals surface area (Å²) in [4.78, 5) is 29.9. The van der Waals surface area contributed by atoms with Crippen LogP contribution in [0.25, 0.3) is 0 Å². The van der Waals surface area contributed by atoms with Crippen LogP contribution in [0.1, 0.15) is 36.1 Å². The highest BCUT2D eigenvalue weighted by molar-refractivity contribution is 7.10. The summed E-state index contributed by atoms with van der Waals surface area (Å²) in [5.41, 5.74) is 1.27. The minimum absolute atomic E-state index is 0. The third kappa shape index (κ3) is 4.49. The molecule has 2 aliphatic rings. The molecule has 1 unspecified atom stereocenters. The van der Waals surface area contributed by atoms with E-state index in [9.17, 15) is 9.59 Å². The van der Waals surface area contributed by atoms with Crippen molar-refractivity contribution >= 4 is 35.6 Å². The number of likely N-dealkylation sites (tertiary alicyclic amines) is 1. The highest BCUT2D eigenvalue weighted by Gasteiger charge is 2.25. The Balaban J connectivity index is 0.00000208. The number of halogens is 1. The number of thiophene rings is 1. The minimum atomic E-state index is 0. The highest BCUT2D eigenvalue weighted by Crippen LogP contribution is 2.24. The van der Waals surface area contributed by atoms with Crippen molar-refractivity contribution < 1.29 is 9.59 Å². The predicted octanol–water partition coefficient (Wildman–Crippen LogP) is 2.05. The summed E-state index contributed by atoms with van der Waals surface area (Å²) in [7, 11) is 1.94. The largest absolute Gasteiger partial charge is 0.341 e. The van der Waals surface area contributed by atoms with Crippen molar-refractivity contribution in [1.82, 2.24) is 15.1 Å². The van der Waals surface area contributed by atoms with Crippen LogP contribution in [0.4, 0.5) is 0 Å². The topological polar surface area (TPSA) is 52.7 Å². The number of rotatable bonds is 4. The van der Waals surface area contributed by atoms with Crippen molar-refractivity contribution in [2.75, 3.05) is 26.7 Å². The number of nitrogens with one attached hydrogen (secondary N) is 1. The molecule has 24 heavy (non-hydrogen) atoms. The molecule has 2 aliphatic heterocycles. The first-order chi connectivity index (χ1) is 11.2. The van der Waals surface area contributed by atoms with Crippen molar-refractivity contribution in [3.8, 4) is 0 Å². The van der Waals surface area contributed by atoms with Gasteiger partial charge in [0.1, 0.15) is 0 Å². The molecule has 0 radical (unpaired) electrons. The Bertz CT molecular complexity index is 578. The van der Waals surface area contributed by atoms with Gasteiger partial charge in [-0.2, -0.15) is 0 Å². The van der Waals surface area contributed by atoms with E-state index in [1.54, 1.807) is 11.3 Å². The van der Waals surface area contributed by atoms with E-state index in [4.69, 9.17) is 0 Å². The van der Waals surface area contributed by atoms with Gasteiger partial charge < -0.3 is 15.1 Å². The lowest BCUT2D eigenvalue weighted by atomic mass is 10.1. The molecule has 3 rings (SSSR count). The summed E-state index contributed by atoms with van der Waals surface area (Å²) >= 11 is 1.77. The van der Waals surface area contributed by atoms with Gasteiger partial charge in [0.05, 0.1) is 0 Å². The molecule has 5 nitrogen and oxygen atoms in total. The fourth-order valence-electron chi connectivity index (χ4n) is 3.43. The molecule has 1 aromatic rings. The predicted molar refractivity (Wildman–Crippen MR) is 98.6 cm³/mol. The first-order valence-electron chi connectivity index (χ1n) is 8.45. The fraction of sp³-hybridized carbons (Fsp3) is 0.647. The molecule has 7 heteroatoms. The standard InChI is InChI=1S/C17H25N3O2S.ClH/c1-18-14-3-2-8-19(12-14)16(21)4-5-17(22)20-9-6-15-13(11-20)7-10-23-15;/h7,10,14,18H,2-6,8-9,11-12H2,1H3;1H. The Hall–Kier alpha value is -1.11. The van der Waals surface area contributed by atoms with Gasteiger partial charge in [-0.25, -0.2) is 0 Å². The van der Waals surface area contributed by atoms with Crippen molar-refractivity contribution in [1.29, 1.82) is 0 Å². The second kappa shape index (κ2) is 8.83. The van der Waals surface area contributed by atoms with Gasteiger partial charge in [-0.05, 0) is 43.3 Å². The maximum atomic E-state index is 12.4. The number of hydrogen-bond acceptors (Lipinski definition) is 4. The second-order valence-corrected chi connectivity index (χ2v) is 7.40. The van der Waals surface area contributed by atoms with E-state index in [1.807, 2.05) is 16.8 Å². The molecule has 134 valence electrons. The van der Waals surface area contributed by atoms with Crippen LogP contribution in [0.5, 0.6) is 0 Å². The number of carbonyl (C=O) groups excluding carboxylic acids is 2. The quantitative estimate of drug-likeness (QED) is 0.881. The van der Waals surface area contributed by atoms with Crippen LogP contribution in [-0.2, 0) is 22.6 Å². The number of hydrogen-bond donors (Lipinski definition) is 1. The van der Waals surface area contributed by atoms with E-state index in [-0.39, 0.29) is 24.2 Å². The minimum Gasteiger partial charge on any atom is -0.341 e. The van der Waals surface area contributed by atoms with Crippen LogP contribution < -0.4 is 5.32 Å². The summed E-state index contributed by atoms with van der Waals surface area (Å²) < 4.78 is 0. The summed E-state index contributed by atoms with van der Waals surface area (Å²) in [5, 5.41) is 5.34. The van der Waals surface area contributed by atoms with Crippen LogP contribution in [0.3, 0.4) is 0 Å². The number of likely N-dealkylation sites (N-methyl/N-ethyl adjacent to an activating group) is 1. The molecular formula is C17H26ClN3O2S. The molecule has 0 bridgehead atoms. The molecule has 1 aromatic heterocycles. The maximum Gasteiger partial charge on any atom is 0.223 e.